The number of amides is 2. The van der Waals surface area contributed by atoms with Gasteiger partial charge in [0, 0.05) is 18.4 Å². The Bertz CT molecular complexity index is 1280. The van der Waals surface area contributed by atoms with E-state index in [2.05, 4.69) is 4.99 Å². The van der Waals surface area contributed by atoms with E-state index in [0.717, 1.165) is 0 Å². The number of halogens is 4. The summed E-state index contributed by atoms with van der Waals surface area (Å²) in [5.41, 5.74) is 2.25. The molecule has 6 nitrogen and oxygen atoms in total. The van der Waals surface area contributed by atoms with E-state index in [1.165, 1.54) is 9.47 Å². The first kappa shape index (κ1) is 21.0. The van der Waals surface area contributed by atoms with E-state index in [0.29, 0.717) is 49.3 Å². The summed E-state index contributed by atoms with van der Waals surface area (Å²) in [5.74, 6) is -0.198. The van der Waals surface area contributed by atoms with E-state index in [1.807, 2.05) is 22.6 Å². The predicted octanol–water partition coefficient (Wildman–Crippen LogP) is 4.96. The number of fused-ring (bicyclic) bond motifs is 4. The molecule has 32 heavy (non-hydrogen) atoms. The van der Waals surface area contributed by atoms with Crippen LogP contribution in [-0.2, 0) is 6.54 Å². The minimum atomic E-state index is -4.35. The van der Waals surface area contributed by atoms with Crippen molar-refractivity contribution in [2.45, 2.75) is 19.1 Å². The number of imide groups is 1. The lowest BCUT2D eigenvalue weighted by Gasteiger charge is -2.20. The molecule has 164 valence electrons. The highest BCUT2D eigenvalue weighted by atomic mass is 127. The lowest BCUT2D eigenvalue weighted by Crippen LogP contribution is -2.33. The summed E-state index contributed by atoms with van der Waals surface area (Å²) in [6.07, 6.45) is -4.04. The zero-order chi connectivity index (χ0) is 22.6. The van der Waals surface area contributed by atoms with Gasteiger partial charge in [-0.2, -0.15) is 13.2 Å². The molecule has 5 rings (SSSR count). The number of hydrogen-bond donors (Lipinski definition) is 0. The zero-order valence-corrected chi connectivity index (χ0v) is 18.6. The number of aliphatic imine (C=N–C) groups is 1. The Morgan fingerprint density at radius 1 is 1.06 bits per heavy atom. The highest BCUT2D eigenvalue weighted by Crippen LogP contribution is 2.40. The first-order chi connectivity index (χ1) is 15.2. The van der Waals surface area contributed by atoms with E-state index < -0.39 is 12.7 Å². The normalized spacial score (nSPS) is 15.6. The molecule has 0 unspecified atom stereocenters. The molecular weight excluding hydrogens is 538 g/mol. The maximum absolute atomic E-state index is 13.0. The Hall–Kier alpha value is -2.89. The largest absolute Gasteiger partial charge is 0.485 e. The van der Waals surface area contributed by atoms with Gasteiger partial charge in [0.25, 0.3) is 11.8 Å². The lowest BCUT2D eigenvalue weighted by atomic mass is 10.1. The first-order valence-corrected chi connectivity index (χ1v) is 10.8. The number of ether oxygens (including phenoxy) is 1. The second kappa shape index (κ2) is 7.61. The number of carbonyl (C=O) groups excluding carboxylic acids is 2. The van der Waals surface area contributed by atoms with Gasteiger partial charge in [-0.3, -0.25) is 14.5 Å². The van der Waals surface area contributed by atoms with E-state index in [-0.39, 0.29) is 25.0 Å². The lowest BCUT2D eigenvalue weighted by molar-refractivity contribution is -0.140. The molecule has 0 bridgehead atoms. The number of carbonyl (C=O) groups is 2. The van der Waals surface area contributed by atoms with E-state index >= 15 is 0 Å². The van der Waals surface area contributed by atoms with Gasteiger partial charge in [-0.1, -0.05) is 12.1 Å². The topological polar surface area (TPSA) is 63.9 Å². The van der Waals surface area contributed by atoms with Gasteiger partial charge < -0.3 is 9.30 Å². The summed E-state index contributed by atoms with van der Waals surface area (Å²) in [7, 11) is 0. The van der Waals surface area contributed by atoms with E-state index in [1.54, 1.807) is 42.5 Å². The highest BCUT2D eigenvalue weighted by Gasteiger charge is 2.35. The second-order valence-corrected chi connectivity index (χ2v) is 8.64. The minimum absolute atomic E-state index is 0.145. The SMILES string of the molecule is O=C1c2ccccc2C(=O)N1CCC1=Nc2c(ccc3c2cc(I)n3CC(F)(F)F)OC1. The molecule has 2 amide bonds. The molecule has 0 aliphatic carbocycles. The maximum Gasteiger partial charge on any atom is 0.406 e. The molecule has 0 radical (unpaired) electrons. The Labute approximate surface area is 193 Å². The van der Waals surface area contributed by atoms with Crippen molar-refractivity contribution in [1.82, 2.24) is 9.47 Å². The molecule has 2 aliphatic heterocycles. The van der Waals surface area contributed by atoms with Gasteiger partial charge in [-0.05, 0) is 52.9 Å². The van der Waals surface area contributed by atoms with Gasteiger partial charge in [-0.15, -0.1) is 0 Å². The Kier molecular flexibility index (Phi) is 4.99. The number of benzene rings is 2. The van der Waals surface area contributed by atoms with Gasteiger partial charge in [-0.25, -0.2) is 4.99 Å². The molecule has 2 aromatic carbocycles. The van der Waals surface area contributed by atoms with Gasteiger partial charge in [0.05, 0.1) is 26.1 Å². The molecule has 0 saturated carbocycles. The van der Waals surface area contributed by atoms with Crippen molar-refractivity contribution in [1.29, 1.82) is 0 Å². The molecular formula is C22H15F3IN3O3. The molecule has 1 aromatic heterocycles. The highest BCUT2D eigenvalue weighted by molar-refractivity contribution is 14.1. The summed E-state index contributed by atoms with van der Waals surface area (Å²) in [6.45, 7) is -0.765. The Balaban J connectivity index is 1.42. The van der Waals surface area contributed by atoms with Gasteiger partial charge >= 0.3 is 6.18 Å². The molecule has 0 N–H and O–H groups in total. The molecule has 0 saturated heterocycles. The van der Waals surface area contributed by atoms with Crippen LogP contribution in [0.5, 0.6) is 5.75 Å². The summed E-state index contributed by atoms with van der Waals surface area (Å²) in [4.78, 5) is 30.9. The van der Waals surface area contributed by atoms with Crippen molar-refractivity contribution in [3.05, 3.63) is 57.3 Å². The second-order valence-electron chi connectivity index (χ2n) is 7.54. The number of alkyl halides is 3. The zero-order valence-electron chi connectivity index (χ0n) is 16.4. The van der Waals surface area contributed by atoms with Crippen molar-refractivity contribution >= 4 is 56.7 Å². The predicted molar refractivity (Wildman–Crippen MR) is 120 cm³/mol. The number of aromatic nitrogens is 1. The van der Waals surface area contributed by atoms with Gasteiger partial charge in [0.1, 0.15) is 24.6 Å². The van der Waals surface area contributed by atoms with Crippen molar-refractivity contribution in [2.24, 2.45) is 4.99 Å². The fourth-order valence-electron chi connectivity index (χ4n) is 4.00. The van der Waals surface area contributed by atoms with E-state index in [4.69, 9.17) is 4.74 Å². The monoisotopic (exact) mass is 553 g/mol. The average molecular weight is 553 g/mol. The maximum atomic E-state index is 13.0. The fourth-order valence-corrected chi connectivity index (χ4v) is 4.74. The van der Waals surface area contributed by atoms with Crippen molar-refractivity contribution in [3.63, 3.8) is 0 Å². The first-order valence-electron chi connectivity index (χ1n) is 9.76. The van der Waals surface area contributed by atoms with Crippen LogP contribution < -0.4 is 4.74 Å². The number of nitrogens with zero attached hydrogens (tertiary/aromatic N) is 3. The number of hydrogen-bond acceptors (Lipinski definition) is 4. The molecule has 0 spiro atoms. The van der Waals surface area contributed by atoms with Crippen LogP contribution in [0, 0.1) is 3.70 Å². The van der Waals surface area contributed by atoms with E-state index in [9.17, 15) is 22.8 Å². The summed E-state index contributed by atoms with van der Waals surface area (Å²) in [6, 6.07) is 11.5. The van der Waals surface area contributed by atoms with Crippen LogP contribution in [0.4, 0.5) is 18.9 Å². The fraction of sp³-hybridized carbons (Fsp3) is 0.227. The third kappa shape index (κ3) is 3.55. The summed E-state index contributed by atoms with van der Waals surface area (Å²) in [5, 5.41) is 0.564. The molecule has 3 heterocycles. The quantitative estimate of drug-likeness (QED) is 0.339. The van der Waals surface area contributed by atoms with Crippen LogP contribution in [0.2, 0.25) is 0 Å². The van der Waals surface area contributed by atoms with Crippen LogP contribution in [0.25, 0.3) is 10.9 Å². The summed E-state index contributed by atoms with van der Waals surface area (Å²) >= 11 is 1.87. The van der Waals surface area contributed by atoms with Crippen LogP contribution >= 0.6 is 22.6 Å². The molecule has 0 fully saturated rings. The van der Waals surface area contributed by atoms with Crippen LogP contribution in [0.1, 0.15) is 27.1 Å². The average Bonchev–Trinajstić information content (AvgIpc) is 3.19. The van der Waals surface area contributed by atoms with Crippen molar-refractivity contribution in [2.75, 3.05) is 13.2 Å². The Morgan fingerprint density at radius 2 is 1.75 bits per heavy atom. The number of rotatable bonds is 4. The van der Waals surface area contributed by atoms with Gasteiger partial charge in [0.2, 0.25) is 0 Å². The molecule has 2 aliphatic rings. The third-order valence-corrected chi connectivity index (χ3v) is 6.37. The smallest absolute Gasteiger partial charge is 0.406 e. The Morgan fingerprint density at radius 3 is 2.41 bits per heavy atom. The molecule has 10 heteroatoms. The van der Waals surface area contributed by atoms with Gasteiger partial charge in [0.15, 0.2) is 0 Å². The molecule has 3 aromatic rings. The third-order valence-electron chi connectivity index (χ3n) is 5.47. The van der Waals surface area contributed by atoms with Crippen LogP contribution in [-0.4, -0.2) is 46.3 Å². The standard InChI is InChI=1S/C22H15F3IN3O3/c23-22(24,25)11-29-16-5-6-17-19(15(16)9-18(29)26)27-12(10-32-17)7-8-28-20(30)13-3-1-2-4-14(13)21(28)31/h1-6,9H,7-8,10-11H2. The van der Waals surface area contributed by atoms with Crippen molar-refractivity contribution in [3.8, 4) is 5.75 Å². The summed E-state index contributed by atoms with van der Waals surface area (Å²) < 4.78 is 46.4. The molecule has 0 atom stereocenters. The van der Waals surface area contributed by atoms with Crippen LogP contribution in [0.15, 0.2) is 47.5 Å². The van der Waals surface area contributed by atoms with Crippen LogP contribution in [0.3, 0.4) is 0 Å². The van der Waals surface area contributed by atoms with Crippen molar-refractivity contribution < 1.29 is 27.5 Å². The minimum Gasteiger partial charge on any atom is -0.485 e.